The third-order valence-electron chi connectivity index (χ3n) is 6.07. The topological polar surface area (TPSA) is 107 Å². The van der Waals surface area contributed by atoms with E-state index < -0.39 is 17.9 Å². The number of hydrogen-bond donors (Lipinski definition) is 4. The quantitative estimate of drug-likeness (QED) is 0.232. The van der Waals surface area contributed by atoms with Crippen molar-refractivity contribution in [3.8, 4) is 0 Å². The molecular weight excluding hydrogens is 470 g/mol. The highest BCUT2D eigenvalue weighted by atomic mass is 32.2. The lowest BCUT2D eigenvalue weighted by atomic mass is 9.95. The number of aromatic amines is 1. The monoisotopic (exact) mass is 493 g/mol. The molecule has 0 fully saturated rings. The van der Waals surface area contributed by atoms with E-state index in [2.05, 4.69) is 10.3 Å². The number of aliphatic hydroxyl groups excluding tert-OH is 2. The molecule has 1 aliphatic heterocycles. The highest BCUT2D eigenvalue weighted by Gasteiger charge is 2.35. The van der Waals surface area contributed by atoms with Crippen LogP contribution >= 0.6 is 23.5 Å². The number of aromatic nitrogens is 2. The van der Waals surface area contributed by atoms with E-state index in [4.69, 9.17) is 0 Å². The zero-order valence-corrected chi connectivity index (χ0v) is 20.2. The SMILES string of the molecule is CSc1ccc2[nH]cc(C3=C(c4cn(CC(O)CO)c5ccc(SC)cc45)C(=O)NC3=O)c2c1. The van der Waals surface area contributed by atoms with Crippen molar-refractivity contribution >= 4 is 68.3 Å². The summed E-state index contributed by atoms with van der Waals surface area (Å²) in [5.74, 6) is -0.889. The number of benzene rings is 2. The molecule has 2 amide bonds. The number of nitrogens with one attached hydrogen (secondary N) is 2. The maximum Gasteiger partial charge on any atom is 0.259 e. The fourth-order valence-electron chi connectivity index (χ4n) is 4.44. The van der Waals surface area contributed by atoms with Gasteiger partial charge in [-0.25, -0.2) is 0 Å². The molecule has 1 unspecified atom stereocenters. The van der Waals surface area contributed by atoms with Gasteiger partial charge in [-0.05, 0) is 48.9 Å². The average Bonchev–Trinajstić information content (AvgIpc) is 3.50. The first kappa shape index (κ1) is 22.8. The van der Waals surface area contributed by atoms with Crippen LogP contribution in [0, 0.1) is 0 Å². The Balaban J connectivity index is 1.79. The van der Waals surface area contributed by atoms with Gasteiger partial charge in [0, 0.05) is 55.1 Å². The molecule has 0 aliphatic carbocycles. The number of fused-ring (bicyclic) bond motifs is 2. The van der Waals surface area contributed by atoms with E-state index in [0.29, 0.717) is 22.3 Å². The summed E-state index contributed by atoms with van der Waals surface area (Å²) < 4.78 is 1.82. The molecule has 0 bridgehead atoms. The van der Waals surface area contributed by atoms with Crippen LogP contribution in [0.4, 0.5) is 0 Å². The third-order valence-corrected chi connectivity index (χ3v) is 7.52. The normalized spacial score (nSPS) is 15.1. The summed E-state index contributed by atoms with van der Waals surface area (Å²) in [6.07, 6.45) is 6.56. The van der Waals surface area contributed by atoms with E-state index in [1.54, 1.807) is 35.9 Å². The molecule has 0 spiro atoms. The zero-order valence-electron chi connectivity index (χ0n) is 18.6. The maximum atomic E-state index is 13.1. The lowest BCUT2D eigenvalue weighted by molar-refractivity contribution is -0.122. The molecule has 2 aromatic carbocycles. The standard InChI is InChI=1S/C25H23N3O4S2/c1-33-14-3-5-20-16(7-14)18(9-26-20)22-23(25(32)27-24(22)31)19-11-28(10-13(30)12-29)21-6-4-15(34-2)8-17(19)21/h3-9,11,13,26,29-30H,10,12H2,1-2H3,(H,27,31,32). The fraction of sp³-hybridized carbons (Fsp3) is 0.200. The van der Waals surface area contributed by atoms with Gasteiger partial charge in [0.2, 0.25) is 0 Å². The summed E-state index contributed by atoms with van der Waals surface area (Å²) in [4.78, 5) is 31.5. The molecule has 5 rings (SSSR count). The van der Waals surface area contributed by atoms with Crippen LogP contribution in [-0.4, -0.2) is 56.8 Å². The first-order chi connectivity index (χ1) is 16.4. The van der Waals surface area contributed by atoms with Gasteiger partial charge in [0.25, 0.3) is 11.8 Å². The second-order valence-electron chi connectivity index (χ2n) is 8.06. The van der Waals surface area contributed by atoms with Crippen LogP contribution in [-0.2, 0) is 16.1 Å². The number of aliphatic hydroxyl groups is 2. The van der Waals surface area contributed by atoms with Crippen LogP contribution in [0.5, 0.6) is 0 Å². The predicted octanol–water partition coefficient (Wildman–Crippen LogP) is 3.49. The summed E-state index contributed by atoms with van der Waals surface area (Å²) in [6.45, 7) is -0.216. The molecule has 9 heteroatoms. The van der Waals surface area contributed by atoms with Crippen LogP contribution in [0.1, 0.15) is 11.1 Å². The molecule has 1 aliphatic rings. The molecule has 0 saturated carbocycles. The van der Waals surface area contributed by atoms with Gasteiger partial charge in [0.15, 0.2) is 0 Å². The average molecular weight is 494 g/mol. The highest BCUT2D eigenvalue weighted by molar-refractivity contribution is 7.98. The number of H-pyrrole nitrogens is 1. The number of carbonyl (C=O) groups is 2. The van der Waals surface area contributed by atoms with Crippen LogP contribution in [0.15, 0.2) is 58.6 Å². The Bertz CT molecular complexity index is 1480. The number of hydrogen-bond acceptors (Lipinski definition) is 6. The first-order valence-corrected chi connectivity index (χ1v) is 13.1. The number of carbonyl (C=O) groups excluding carboxylic acids is 2. The van der Waals surface area contributed by atoms with Crippen molar-refractivity contribution in [3.63, 3.8) is 0 Å². The third kappa shape index (κ3) is 3.74. The van der Waals surface area contributed by atoms with E-state index in [0.717, 1.165) is 31.6 Å². The van der Waals surface area contributed by atoms with E-state index in [1.165, 1.54) is 0 Å². The summed E-state index contributed by atoms with van der Waals surface area (Å²) in [7, 11) is 0. The van der Waals surface area contributed by atoms with E-state index in [-0.39, 0.29) is 13.2 Å². The summed E-state index contributed by atoms with van der Waals surface area (Å²) in [6, 6.07) is 11.9. The molecule has 1 atom stereocenters. The van der Waals surface area contributed by atoms with Crippen LogP contribution in [0.3, 0.4) is 0 Å². The van der Waals surface area contributed by atoms with Crippen molar-refractivity contribution in [2.75, 3.05) is 19.1 Å². The van der Waals surface area contributed by atoms with Crippen LogP contribution in [0.2, 0.25) is 0 Å². The summed E-state index contributed by atoms with van der Waals surface area (Å²) in [5.41, 5.74) is 3.60. The second-order valence-corrected chi connectivity index (χ2v) is 9.82. The van der Waals surface area contributed by atoms with E-state index in [1.807, 2.05) is 53.5 Å². The van der Waals surface area contributed by atoms with Gasteiger partial charge in [-0.1, -0.05) is 0 Å². The fourth-order valence-corrected chi connectivity index (χ4v) is 5.32. The van der Waals surface area contributed by atoms with Gasteiger partial charge >= 0.3 is 0 Å². The van der Waals surface area contributed by atoms with Crippen molar-refractivity contribution in [1.29, 1.82) is 0 Å². The summed E-state index contributed by atoms with van der Waals surface area (Å²) >= 11 is 3.19. The Morgan fingerprint density at radius 2 is 1.59 bits per heavy atom. The van der Waals surface area contributed by atoms with Gasteiger partial charge in [-0.2, -0.15) is 0 Å². The van der Waals surface area contributed by atoms with Crippen molar-refractivity contribution in [1.82, 2.24) is 14.9 Å². The van der Waals surface area contributed by atoms with Crippen LogP contribution < -0.4 is 5.32 Å². The lowest BCUT2D eigenvalue weighted by Gasteiger charge is -2.09. The van der Waals surface area contributed by atoms with Crippen molar-refractivity contribution < 1.29 is 19.8 Å². The number of amides is 2. The van der Waals surface area contributed by atoms with Gasteiger partial charge in [-0.15, -0.1) is 23.5 Å². The Hall–Kier alpha value is -2.98. The summed E-state index contributed by atoms with van der Waals surface area (Å²) in [5, 5.41) is 23.6. The number of nitrogens with zero attached hydrogens (tertiary/aromatic N) is 1. The van der Waals surface area contributed by atoms with Gasteiger partial charge in [0.05, 0.1) is 30.4 Å². The minimum atomic E-state index is -0.949. The first-order valence-electron chi connectivity index (χ1n) is 10.7. The number of thioether (sulfide) groups is 2. The highest BCUT2D eigenvalue weighted by Crippen LogP contribution is 2.39. The molecule has 2 aromatic heterocycles. The van der Waals surface area contributed by atoms with Gasteiger partial charge in [0.1, 0.15) is 0 Å². The van der Waals surface area contributed by atoms with Crippen molar-refractivity contribution in [3.05, 3.63) is 59.9 Å². The van der Waals surface area contributed by atoms with Crippen molar-refractivity contribution in [2.24, 2.45) is 0 Å². The maximum absolute atomic E-state index is 13.1. The lowest BCUT2D eigenvalue weighted by Crippen LogP contribution is -2.22. The van der Waals surface area contributed by atoms with Crippen molar-refractivity contribution in [2.45, 2.75) is 22.4 Å². The molecule has 174 valence electrons. The Labute approximate surface area is 204 Å². The Morgan fingerprint density at radius 3 is 2.26 bits per heavy atom. The molecule has 4 N–H and O–H groups in total. The Kier molecular flexibility index (Phi) is 6.03. The number of rotatable bonds is 7. The van der Waals surface area contributed by atoms with E-state index >= 15 is 0 Å². The molecule has 3 heterocycles. The van der Waals surface area contributed by atoms with E-state index in [9.17, 15) is 19.8 Å². The Morgan fingerprint density at radius 1 is 0.941 bits per heavy atom. The molecular formula is C25H23N3O4S2. The molecule has 0 radical (unpaired) electrons. The largest absolute Gasteiger partial charge is 0.394 e. The molecule has 34 heavy (non-hydrogen) atoms. The van der Waals surface area contributed by atoms with Crippen LogP contribution in [0.25, 0.3) is 33.0 Å². The predicted molar refractivity (Wildman–Crippen MR) is 137 cm³/mol. The molecule has 0 saturated heterocycles. The smallest absolute Gasteiger partial charge is 0.259 e. The zero-order chi connectivity index (χ0) is 24.0. The van der Waals surface area contributed by atoms with Gasteiger partial charge < -0.3 is 19.8 Å². The van der Waals surface area contributed by atoms with Gasteiger partial charge in [-0.3, -0.25) is 14.9 Å². The second kappa shape index (κ2) is 8.99. The number of imide groups is 1. The minimum Gasteiger partial charge on any atom is -0.394 e. The molecule has 7 nitrogen and oxygen atoms in total. The minimum absolute atomic E-state index is 0.161. The molecule has 4 aromatic rings.